The number of nitrogens with one attached hydrogen (secondary N) is 2. The number of carbonyl (C=O) groups is 5. The van der Waals surface area contributed by atoms with Gasteiger partial charge in [-0.25, -0.2) is 0 Å². The number of hydrogen-bond donors (Lipinski definition) is 5. The second kappa shape index (κ2) is 23.1. The number of hydrogen-bond acceptors (Lipinski definition) is 8. The van der Waals surface area contributed by atoms with Crippen LogP contribution in [0, 0.1) is 0 Å². The molecule has 13 nitrogen and oxygen atoms in total. The third kappa shape index (κ3) is 22.9. The van der Waals surface area contributed by atoms with E-state index in [0.29, 0.717) is 13.1 Å². The van der Waals surface area contributed by atoms with Gasteiger partial charge in [-0.05, 0) is 12.8 Å². The second-order valence-electron chi connectivity index (χ2n) is 9.70. The predicted molar refractivity (Wildman–Crippen MR) is 147 cm³/mol. The molecule has 0 atom stereocenters. The van der Waals surface area contributed by atoms with Gasteiger partial charge >= 0.3 is 17.9 Å². The van der Waals surface area contributed by atoms with Crippen LogP contribution in [-0.4, -0.2) is 132 Å². The molecule has 0 aromatic carbocycles. The van der Waals surface area contributed by atoms with E-state index in [1.165, 1.54) is 14.7 Å². The van der Waals surface area contributed by atoms with Gasteiger partial charge in [0.25, 0.3) is 0 Å². The van der Waals surface area contributed by atoms with Crippen molar-refractivity contribution in [2.75, 3.05) is 72.0 Å². The van der Waals surface area contributed by atoms with Crippen LogP contribution in [-0.2, 0) is 24.0 Å². The van der Waals surface area contributed by atoms with Gasteiger partial charge < -0.3 is 26.0 Å². The molecular formula is C26H49N5O8. The Bertz CT molecular complexity index is 685. The van der Waals surface area contributed by atoms with Crippen molar-refractivity contribution in [3.05, 3.63) is 0 Å². The van der Waals surface area contributed by atoms with Gasteiger partial charge in [0.05, 0.1) is 32.7 Å². The first kappa shape index (κ1) is 36.2. The van der Waals surface area contributed by atoms with E-state index in [2.05, 4.69) is 24.5 Å². The molecule has 0 aliphatic rings. The van der Waals surface area contributed by atoms with E-state index in [-0.39, 0.29) is 70.7 Å². The molecule has 0 fully saturated rings. The van der Waals surface area contributed by atoms with E-state index in [0.717, 1.165) is 51.4 Å². The highest BCUT2D eigenvalue weighted by Gasteiger charge is 2.19. The molecule has 39 heavy (non-hydrogen) atoms. The van der Waals surface area contributed by atoms with Crippen LogP contribution in [0.15, 0.2) is 0 Å². The maximum absolute atomic E-state index is 12.3. The minimum atomic E-state index is -1.11. The van der Waals surface area contributed by atoms with Gasteiger partial charge in [0.2, 0.25) is 11.8 Å². The van der Waals surface area contributed by atoms with Crippen LogP contribution in [0.25, 0.3) is 0 Å². The molecule has 0 saturated carbocycles. The van der Waals surface area contributed by atoms with Crippen molar-refractivity contribution in [1.82, 2.24) is 25.3 Å². The second-order valence-corrected chi connectivity index (χ2v) is 9.70. The van der Waals surface area contributed by atoms with Gasteiger partial charge in [0.15, 0.2) is 0 Å². The van der Waals surface area contributed by atoms with E-state index >= 15 is 0 Å². The molecule has 5 N–H and O–H groups in total. The van der Waals surface area contributed by atoms with Crippen molar-refractivity contribution in [3.63, 3.8) is 0 Å². The molecule has 0 rings (SSSR count). The van der Waals surface area contributed by atoms with Crippen LogP contribution >= 0.6 is 0 Å². The first-order valence-electron chi connectivity index (χ1n) is 13.9. The smallest absolute Gasteiger partial charge is 0.317 e. The fraction of sp³-hybridized carbons (Fsp3) is 0.808. The summed E-state index contributed by atoms with van der Waals surface area (Å²) in [6, 6.07) is 0. The van der Waals surface area contributed by atoms with E-state index in [1.54, 1.807) is 0 Å². The van der Waals surface area contributed by atoms with Crippen molar-refractivity contribution >= 4 is 29.7 Å². The van der Waals surface area contributed by atoms with E-state index in [9.17, 15) is 39.3 Å². The number of carboxylic acids is 3. The molecular weight excluding hydrogens is 510 g/mol. The monoisotopic (exact) mass is 559 g/mol. The Morgan fingerprint density at radius 3 is 1.15 bits per heavy atom. The minimum absolute atomic E-state index is 0.125. The summed E-state index contributed by atoms with van der Waals surface area (Å²) in [5, 5.41) is 33.4. The Morgan fingerprint density at radius 2 is 0.821 bits per heavy atom. The fourth-order valence-electron chi connectivity index (χ4n) is 3.91. The Hall–Kier alpha value is -2.77. The molecule has 0 unspecified atom stereocenters. The van der Waals surface area contributed by atoms with Crippen molar-refractivity contribution < 1.29 is 39.3 Å². The SMILES string of the molecule is CCCCCCNC(=O)CN(CCN(CCN(CC(=O)O)CC(=O)NCCCCCC)CC(=O)O)CC(=O)O. The lowest BCUT2D eigenvalue weighted by Gasteiger charge is -2.28. The highest BCUT2D eigenvalue weighted by atomic mass is 16.4. The van der Waals surface area contributed by atoms with Crippen LogP contribution in [0.2, 0.25) is 0 Å². The zero-order chi connectivity index (χ0) is 29.5. The number of amides is 2. The quantitative estimate of drug-likeness (QED) is 0.0934. The van der Waals surface area contributed by atoms with Crippen molar-refractivity contribution in [2.24, 2.45) is 0 Å². The molecule has 0 saturated heterocycles. The number of carbonyl (C=O) groups excluding carboxylic acids is 2. The van der Waals surface area contributed by atoms with Gasteiger partial charge in [-0.2, -0.15) is 0 Å². The van der Waals surface area contributed by atoms with Crippen LogP contribution in [0.5, 0.6) is 0 Å². The average molecular weight is 560 g/mol. The molecule has 0 spiro atoms. The molecule has 0 aromatic rings. The van der Waals surface area contributed by atoms with Crippen LogP contribution in [0.1, 0.15) is 65.2 Å². The zero-order valence-corrected chi connectivity index (χ0v) is 23.7. The average Bonchev–Trinajstić information content (AvgIpc) is 2.84. The highest BCUT2D eigenvalue weighted by molar-refractivity contribution is 5.79. The maximum atomic E-state index is 12.3. The summed E-state index contributed by atoms with van der Waals surface area (Å²) in [4.78, 5) is 63.0. The molecule has 0 aliphatic heterocycles. The number of carboxylic acid groups (broad SMARTS) is 3. The fourth-order valence-corrected chi connectivity index (χ4v) is 3.91. The van der Waals surface area contributed by atoms with E-state index in [1.807, 2.05) is 0 Å². The largest absolute Gasteiger partial charge is 0.480 e. The summed E-state index contributed by atoms with van der Waals surface area (Å²) in [6.45, 7) is 4.36. The first-order chi connectivity index (χ1) is 18.6. The minimum Gasteiger partial charge on any atom is -0.480 e. The highest BCUT2D eigenvalue weighted by Crippen LogP contribution is 2.00. The third-order valence-electron chi connectivity index (χ3n) is 5.98. The van der Waals surface area contributed by atoms with Gasteiger partial charge in [0, 0.05) is 39.3 Å². The zero-order valence-electron chi connectivity index (χ0n) is 23.7. The number of aliphatic carboxylic acids is 3. The Labute approximate surface area is 231 Å². The van der Waals surface area contributed by atoms with Crippen molar-refractivity contribution in [3.8, 4) is 0 Å². The Morgan fingerprint density at radius 1 is 0.487 bits per heavy atom. The lowest BCUT2D eigenvalue weighted by atomic mass is 10.2. The molecule has 0 aromatic heterocycles. The molecule has 226 valence electrons. The normalized spacial score (nSPS) is 11.2. The molecule has 0 heterocycles. The Balaban J connectivity index is 4.93. The van der Waals surface area contributed by atoms with Gasteiger partial charge in [0.1, 0.15) is 0 Å². The van der Waals surface area contributed by atoms with Crippen LogP contribution in [0.3, 0.4) is 0 Å². The summed E-state index contributed by atoms with van der Waals surface area (Å²) in [5.74, 6) is -3.91. The van der Waals surface area contributed by atoms with E-state index in [4.69, 9.17) is 0 Å². The Kier molecular flexibility index (Phi) is 21.5. The van der Waals surface area contributed by atoms with Gasteiger partial charge in [-0.15, -0.1) is 0 Å². The van der Waals surface area contributed by atoms with Gasteiger partial charge in [-0.3, -0.25) is 38.7 Å². The molecule has 2 amide bonds. The molecule has 0 bridgehead atoms. The molecule has 0 radical (unpaired) electrons. The lowest BCUT2D eigenvalue weighted by molar-refractivity contribution is -0.141. The topological polar surface area (TPSA) is 180 Å². The van der Waals surface area contributed by atoms with Crippen molar-refractivity contribution in [1.29, 1.82) is 0 Å². The maximum Gasteiger partial charge on any atom is 0.317 e. The van der Waals surface area contributed by atoms with Gasteiger partial charge in [-0.1, -0.05) is 52.4 Å². The first-order valence-corrected chi connectivity index (χ1v) is 13.9. The molecule has 0 aliphatic carbocycles. The number of unbranched alkanes of at least 4 members (excludes halogenated alkanes) is 6. The predicted octanol–water partition coefficient (Wildman–Crippen LogP) is 0.539. The lowest BCUT2D eigenvalue weighted by Crippen LogP contribution is -2.47. The summed E-state index contributed by atoms with van der Waals surface area (Å²) in [6.07, 6.45) is 7.99. The number of rotatable bonds is 26. The van der Waals surface area contributed by atoms with Crippen molar-refractivity contribution in [2.45, 2.75) is 65.2 Å². The summed E-state index contributed by atoms with van der Waals surface area (Å²) < 4.78 is 0. The van der Waals surface area contributed by atoms with E-state index < -0.39 is 17.9 Å². The summed E-state index contributed by atoms with van der Waals surface area (Å²) in [5.41, 5.74) is 0. The van der Waals surface area contributed by atoms with Crippen LogP contribution < -0.4 is 10.6 Å². The standard InChI is InChI=1S/C26H49N5O8/c1-3-5-7-9-11-27-22(32)17-30(20-25(36)37)15-13-29(19-24(34)35)14-16-31(21-26(38)39)18-23(33)28-12-10-8-6-4-2/h3-21H2,1-2H3,(H,27,32)(H,28,33)(H,34,35)(H,36,37)(H,38,39). The number of nitrogens with zero attached hydrogens (tertiary/aromatic N) is 3. The summed E-state index contributed by atoms with van der Waals surface area (Å²) >= 11 is 0. The molecule has 13 heteroatoms. The third-order valence-corrected chi connectivity index (χ3v) is 5.98. The van der Waals surface area contributed by atoms with Crippen LogP contribution in [0.4, 0.5) is 0 Å². The summed E-state index contributed by atoms with van der Waals surface area (Å²) in [7, 11) is 0.